The summed E-state index contributed by atoms with van der Waals surface area (Å²) in [4.78, 5) is 6.65. The van der Waals surface area contributed by atoms with E-state index in [-0.39, 0.29) is 10.8 Å². The van der Waals surface area contributed by atoms with Gasteiger partial charge >= 0.3 is 0 Å². The van der Waals surface area contributed by atoms with Crippen LogP contribution in [0, 0.1) is 0 Å². The van der Waals surface area contributed by atoms with Gasteiger partial charge in [-0.2, -0.15) is 0 Å². The molecule has 0 radical (unpaired) electrons. The zero-order chi connectivity index (χ0) is 13.1. The van der Waals surface area contributed by atoms with Gasteiger partial charge in [0.2, 0.25) is 0 Å². The highest BCUT2D eigenvalue weighted by Gasteiger charge is 2.14. The summed E-state index contributed by atoms with van der Waals surface area (Å²) in [5.74, 6) is 1.01. The quantitative estimate of drug-likeness (QED) is 0.759. The van der Waals surface area contributed by atoms with Crippen LogP contribution in [-0.4, -0.2) is 24.0 Å². The maximum atomic E-state index is 5.95. The van der Waals surface area contributed by atoms with Crippen LogP contribution in [0.15, 0.2) is 18.3 Å². The Kier molecular flexibility index (Phi) is 4.81. The van der Waals surface area contributed by atoms with Crippen molar-refractivity contribution in [1.82, 2.24) is 4.98 Å². The van der Waals surface area contributed by atoms with Gasteiger partial charge in [0.25, 0.3) is 0 Å². The molecule has 0 saturated heterocycles. The molecule has 0 aliphatic carbocycles. The molecule has 0 fully saturated rings. The molecule has 0 aromatic carbocycles. The molecule has 0 spiro atoms. The number of rotatable bonds is 4. The van der Waals surface area contributed by atoms with Crippen LogP contribution >= 0.6 is 11.6 Å². The molecule has 1 atom stereocenters. The van der Waals surface area contributed by atoms with Crippen molar-refractivity contribution in [2.75, 3.05) is 18.5 Å². The second kappa shape index (κ2) is 5.72. The Balaban J connectivity index is 2.67. The molecule has 0 aliphatic rings. The Bertz CT molecular complexity index is 338. The summed E-state index contributed by atoms with van der Waals surface area (Å²) < 4.78 is 0. The third-order valence-electron chi connectivity index (χ3n) is 2.87. The van der Waals surface area contributed by atoms with Crippen molar-refractivity contribution in [3.05, 3.63) is 23.9 Å². The Labute approximate surface area is 110 Å². The largest absolute Gasteiger partial charge is 0.360 e. The lowest BCUT2D eigenvalue weighted by molar-refractivity contribution is 0.587. The Morgan fingerprint density at radius 2 is 2.00 bits per heavy atom. The van der Waals surface area contributed by atoms with Gasteiger partial charge in [0, 0.05) is 25.2 Å². The Morgan fingerprint density at radius 3 is 2.41 bits per heavy atom. The van der Waals surface area contributed by atoms with E-state index in [1.165, 1.54) is 5.56 Å². The molecule has 0 N–H and O–H groups in total. The average Bonchev–Trinajstić information content (AvgIpc) is 2.25. The first kappa shape index (κ1) is 14.3. The van der Waals surface area contributed by atoms with Crippen LogP contribution in [0.1, 0.15) is 39.7 Å². The summed E-state index contributed by atoms with van der Waals surface area (Å²) in [6, 6.07) is 4.24. The highest BCUT2D eigenvalue weighted by atomic mass is 35.5. The average molecular weight is 255 g/mol. The van der Waals surface area contributed by atoms with Crippen LogP contribution in [0.3, 0.4) is 0 Å². The van der Waals surface area contributed by atoms with Crippen molar-refractivity contribution in [2.45, 2.75) is 44.9 Å². The monoisotopic (exact) mass is 254 g/mol. The summed E-state index contributed by atoms with van der Waals surface area (Å²) in [5, 5.41) is 0.214. The number of hydrogen-bond acceptors (Lipinski definition) is 2. The lowest BCUT2D eigenvalue weighted by Gasteiger charge is -2.22. The van der Waals surface area contributed by atoms with Crippen LogP contribution in [-0.2, 0) is 5.41 Å². The first-order chi connectivity index (χ1) is 7.80. The molecule has 1 rings (SSSR count). The van der Waals surface area contributed by atoms with Crippen molar-refractivity contribution in [2.24, 2.45) is 0 Å². The van der Waals surface area contributed by atoms with E-state index in [1.807, 2.05) is 13.1 Å². The second-order valence-electron chi connectivity index (χ2n) is 5.65. The summed E-state index contributed by atoms with van der Waals surface area (Å²) in [6.45, 7) is 9.55. The van der Waals surface area contributed by atoms with E-state index < -0.39 is 0 Å². The molecule has 0 amide bonds. The molecule has 2 nitrogen and oxygen atoms in total. The minimum Gasteiger partial charge on any atom is -0.360 e. The molecule has 96 valence electrons. The smallest absolute Gasteiger partial charge is 0.128 e. The van der Waals surface area contributed by atoms with E-state index in [0.717, 1.165) is 18.8 Å². The van der Waals surface area contributed by atoms with Crippen LogP contribution in [0.2, 0.25) is 0 Å². The number of nitrogens with zero attached hydrogens (tertiary/aromatic N) is 2. The standard InChI is InChI=1S/C14H23ClN2/c1-11(15)8-9-17(5)13-7-6-12(10-16-13)14(2,3)4/h6-7,10-11H,8-9H2,1-5H3. The first-order valence-corrected chi connectivity index (χ1v) is 6.56. The summed E-state index contributed by atoms with van der Waals surface area (Å²) in [6.07, 6.45) is 2.94. The van der Waals surface area contributed by atoms with Crippen molar-refractivity contribution in [3.63, 3.8) is 0 Å². The fourth-order valence-electron chi connectivity index (χ4n) is 1.54. The van der Waals surface area contributed by atoms with Gasteiger partial charge < -0.3 is 4.90 Å². The van der Waals surface area contributed by atoms with Gasteiger partial charge in [-0.05, 0) is 30.4 Å². The van der Waals surface area contributed by atoms with Crippen LogP contribution in [0.5, 0.6) is 0 Å². The zero-order valence-corrected chi connectivity index (χ0v) is 12.3. The SMILES string of the molecule is CC(Cl)CCN(C)c1ccc(C(C)(C)C)cn1. The minimum absolute atomic E-state index is 0.161. The molecule has 0 saturated carbocycles. The molecule has 3 heteroatoms. The molecular formula is C14H23ClN2. The van der Waals surface area contributed by atoms with E-state index in [4.69, 9.17) is 11.6 Å². The zero-order valence-electron chi connectivity index (χ0n) is 11.5. The number of alkyl halides is 1. The molecule has 1 aromatic rings. The van der Waals surface area contributed by atoms with Crippen LogP contribution in [0.4, 0.5) is 5.82 Å². The molecule has 1 heterocycles. The Hall–Kier alpha value is -0.760. The number of anilines is 1. The molecule has 17 heavy (non-hydrogen) atoms. The highest BCUT2D eigenvalue weighted by Crippen LogP contribution is 2.22. The number of hydrogen-bond donors (Lipinski definition) is 0. The lowest BCUT2D eigenvalue weighted by atomic mass is 9.88. The topological polar surface area (TPSA) is 16.1 Å². The maximum absolute atomic E-state index is 5.95. The van der Waals surface area contributed by atoms with Gasteiger partial charge in [0.05, 0.1) is 0 Å². The van der Waals surface area contributed by atoms with E-state index in [0.29, 0.717) is 0 Å². The third kappa shape index (κ3) is 4.55. The lowest BCUT2D eigenvalue weighted by Crippen LogP contribution is -2.22. The van der Waals surface area contributed by atoms with E-state index in [1.54, 1.807) is 0 Å². The predicted octanol–water partition coefficient (Wildman–Crippen LogP) is 3.83. The highest BCUT2D eigenvalue weighted by molar-refractivity contribution is 6.20. The van der Waals surface area contributed by atoms with E-state index in [9.17, 15) is 0 Å². The second-order valence-corrected chi connectivity index (χ2v) is 6.39. The van der Waals surface area contributed by atoms with Gasteiger partial charge in [-0.3, -0.25) is 0 Å². The van der Waals surface area contributed by atoms with Gasteiger partial charge in [0.15, 0.2) is 0 Å². The summed E-state index contributed by atoms with van der Waals surface area (Å²) in [5.41, 5.74) is 1.43. The van der Waals surface area contributed by atoms with E-state index >= 15 is 0 Å². The van der Waals surface area contributed by atoms with Gasteiger partial charge in [-0.1, -0.05) is 26.8 Å². The molecular weight excluding hydrogens is 232 g/mol. The third-order valence-corrected chi connectivity index (χ3v) is 3.09. The predicted molar refractivity (Wildman–Crippen MR) is 76.1 cm³/mol. The van der Waals surface area contributed by atoms with Crippen molar-refractivity contribution >= 4 is 17.4 Å². The summed E-state index contributed by atoms with van der Waals surface area (Å²) in [7, 11) is 2.05. The minimum atomic E-state index is 0.161. The first-order valence-electron chi connectivity index (χ1n) is 6.12. The van der Waals surface area contributed by atoms with Crippen molar-refractivity contribution in [3.8, 4) is 0 Å². The fourth-order valence-corrected chi connectivity index (χ4v) is 1.64. The maximum Gasteiger partial charge on any atom is 0.128 e. The number of halogens is 1. The van der Waals surface area contributed by atoms with Crippen molar-refractivity contribution in [1.29, 1.82) is 0 Å². The van der Waals surface area contributed by atoms with Gasteiger partial charge in [-0.25, -0.2) is 4.98 Å². The van der Waals surface area contributed by atoms with E-state index in [2.05, 4.69) is 49.8 Å². The molecule has 0 bridgehead atoms. The van der Waals surface area contributed by atoms with Gasteiger partial charge in [-0.15, -0.1) is 11.6 Å². The number of pyridine rings is 1. The van der Waals surface area contributed by atoms with Gasteiger partial charge in [0.1, 0.15) is 5.82 Å². The van der Waals surface area contributed by atoms with Crippen LogP contribution in [0.25, 0.3) is 0 Å². The molecule has 1 unspecified atom stereocenters. The fraction of sp³-hybridized carbons (Fsp3) is 0.643. The van der Waals surface area contributed by atoms with Crippen LogP contribution < -0.4 is 4.90 Å². The molecule has 1 aromatic heterocycles. The summed E-state index contributed by atoms with van der Waals surface area (Å²) >= 11 is 5.95. The van der Waals surface area contributed by atoms with Crippen molar-refractivity contribution < 1.29 is 0 Å². The number of aromatic nitrogens is 1. The Morgan fingerprint density at radius 1 is 1.35 bits per heavy atom. The molecule has 0 aliphatic heterocycles. The normalized spacial score (nSPS) is 13.5.